The fourth-order valence-electron chi connectivity index (χ4n) is 4.71. The molecule has 2 aliphatic rings. The van der Waals surface area contributed by atoms with Crippen molar-refractivity contribution in [2.45, 2.75) is 42.9 Å². The average Bonchev–Trinajstić information content (AvgIpc) is 3.39. The van der Waals surface area contributed by atoms with Gasteiger partial charge in [0.2, 0.25) is 0 Å². The molecule has 2 saturated carbocycles. The highest BCUT2D eigenvalue weighted by Gasteiger charge is 2.42. The minimum absolute atomic E-state index is 0.0548. The van der Waals surface area contributed by atoms with Gasteiger partial charge in [0.25, 0.3) is 15.9 Å². The molecule has 1 amide bonds. The molecule has 4 atom stereocenters. The zero-order chi connectivity index (χ0) is 19.9. The lowest BCUT2D eigenvalue weighted by Gasteiger charge is -2.28. The minimum atomic E-state index is -3.70. The molecule has 0 aliphatic heterocycles. The van der Waals surface area contributed by atoms with Crippen LogP contribution in [0.4, 0.5) is 5.69 Å². The summed E-state index contributed by atoms with van der Waals surface area (Å²) >= 11 is 1.11. The van der Waals surface area contributed by atoms with Crippen molar-refractivity contribution in [2.24, 2.45) is 17.8 Å². The number of benzene rings is 1. The molecule has 8 heteroatoms. The fraction of sp³-hybridized carbons (Fsp3) is 0.450. The van der Waals surface area contributed by atoms with Crippen molar-refractivity contribution in [1.29, 1.82) is 0 Å². The lowest BCUT2D eigenvalue weighted by molar-refractivity contribution is 0.0912. The van der Waals surface area contributed by atoms with Crippen LogP contribution in [0.3, 0.4) is 0 Å². The Balaban J connectivity index is 1.43. The van der Waals surface area contributed by atoms with E-state index in [4.69, 9.17) is 0 Å². The van der Waals surface area contributed by atoms with E-state index in [1.54, 1.807) is 11.4 Å². The summed E-state index contributed by atoms with van der Waals surface area (Å²) in [5, 5.41) is 15.0. The number of sulfonamides is 1. The maximum Gasteiger partial charge on any atom is 0.271 e. The molecule has 150 valence electrons. The van der Waals surface area contributed by atoms with Crippen LogP contribution >= 0.6 is 11.3 Å². The van der Waals surface area contributed by atoms with Crippen LogP contribution in [0, 0.1) is 17.8 Å². The predicted octanol–water partition coefficient (Wildman–Crippen LogP) is 3.81. The predicted molar refractivity (Wildman–Crippen MR) is 109 cm³/mol. The second kappa shape index (κ2) is 7.40. The Morgan fingerprint density at radius 1 is 1.25 bits per heavy atom. The standard InChI is InChI=1S/C20H24N2O4S2/c1-12(17-10-13-4-5-14(17)9-13)21-20(24)16-7-6-15(11-18(16)23)22-28(25,26)19-3-2-8-27-19/h2-3,6-8,11-14,17,22-23H,4-5,9-10H2,1H3,(H,21,24). The van der Waals surface area contributed by atoms with Crippen molar-refractivity contribution in [3.63, 3.8) is 0 Å². The normalized spacial score (nSPS) is 24.8. The lowest BCUT2D eigenvalue weighted by Crippen LogP contribution is -2.40. The molecular formula is C20H24N2O4S2. The topological polar surface area (TPSA) is 95.5 Å². The summed E-state index contributed by atoms with van der Waals surface area (Å²) in [6.07, 6.45) is 5.00. The highest BCUT2D eigenvalue weighted by atomic mass is 32.2. The number of aromatic hydroxyl groups is 1. The molecule has 6 nitrogen and oxygen atoms in total. The molecule has 4 unspecified atom stereocenters. The first-order valence-corrected chi connectivity index (χ1v) is 11.9. The zero-order valence-corrected chi connectivity index (χ0v) is 17.2. The Morgan fingerprint density at radius 2 is 2.07 bits per heavy atom. The van der Waals surface area contributed by atoms with Crippen LogP contribution in [0.15, 0.2) is 39.9 Å². The number of anilines is 1. The van der Waals surface area contributed by atoms with Crippen molar-refractivity contribution in [3.05, 3.63) is 41.3 Å². The Labute approximate surface area is 169 Å². The third kappa shape index (κ3) is 3.75. The molecule has 2 bridgehead atoms. The lowest BCUT2D eigenvalue weighted by atomic mass is 9.84. The van der Waals surface area contributed by atoms with Gasteiger partial charge < -0.3 is 10.4 Å². The molecule has 3 N–H and O–H groups in total. The van der Waals surface area contributed by atoms with E-state index >= 15 is 0 Å². The summed E-state index contributed by atoms with van der Waals surface area (Å²) in [5.41, 5.74) is 0.359. The molecule has 2 aliphatic carbocycles. The van der Waals surface area contributed by atoms with Crippen molar-refractivity contribution in [1.82, 2.24) is 5.32 Å². The number of phenolic OH excluding ortho intramolecular Hbond substituents is 1. The first-order chi connectivity index (χ1) is 13.3. The number of nitrogens with one attached hydrogen (secondary N) is 2. The molecule has 1 aromatic carbocycles. The van der Waals surface area contributed by atoms with E-state index in [2.05, 4.69) is 10.0 Å². The maximum absolute atomic E-state index is 12.6. The van der Waals surface area contributed by atoms with E-state index in [1.165, 1.54) is 49.9 Å². The molecule has 4 rings (SSSR count). The summed E-state index contributed by atoms with van der Waals surface area (Å²) in [5.74, 6) is 1.42. The van der Waals surface area contributed by atoms with Gasteiger partial charge in [-0.05, 0) is 67.5 Å². The average molecular weight is 421 g/mol. The number of rotatable bonds is 6. The number of hydrogen-bond acceptors (Lipinski definition) is 5. The number of hydrogen-bond donors (Lipinski definition) is 3. The summed E-state index contributed by atoms with van der Waals surface area (Å²) in [6, 6.07) is 7.42. The number of phenols is 1. The van der Waals surface area contributed by atoms with E-state index in [0.29, 0.717) is 11.8 Å². The van der Waals surface area contributed by atoms with Gasteiger partial charge in [0.1, 0.15) is 9.96 Å². The minimum Gasteiger partial charge on any atom is -0.507 e. The van der Waals surface area contributed by atoms with Crippen molar-refractivity contribution < 1.29 is 18.3 Å². The van der Waals surface area contributed by atoms with E-state index in [1.807, 2.05) is 6.92 Å². The van der Waals surface area contributed by atoms with Gasteiger partial charge in [-0.2, -0.15) is 0 Å². The molecular weight excluding hydrogens is 396 g/mol. The maximum atomic E-state index is 12.6. The van der Waals surface area contributed by atoms with E-state index < -0.39 is 10.0 Å². The highest BCUT2D eigenvalue weighted by molar-refractivity contribution is 7.94. The van der Waals surface area contributed by atoms with Gasteiger partial charge in [-0.1, -0.05) is 12.5 Å². The largest absolute Gasteiger partial charge is 0.507 e. The van der Waals surface area contributed by atoms with E-state index in [0.717, 1.165) is 17.3 Å². The van der Waals surface area contributed by atoms with Gasteiger partial charge in [-0.3, -0.25) is 9.52 Å². The summed E-state index contributed by atoms with van der Waals surface area (Å²) in [7, 11) is -3.70. The van der Waals surface area contributed by atoms with Crippen LogP contribution in [0.1, 0.15) is 43.0 Å². The quantitative estimate of drug-likeness (QED) is 0.662. The molecule has 0 spiro atoms. The van der Waals surface area contributed by atoms with Crippen molar-refractivity contribution in [3.8, 4) is 5.75 Å². The van der Waals surface area contributed by atoms with Gasteiger partial charge in [0.05, 0.1) is 11.3 Å². The van der Waals surface area contributed by atoms with Gasteiger partial charge in [0, 0.05) is 12.1 Å². The first kappa shape index (κ1) is 19.3. The fourth-order valence-corrected chi connectivity index (χ4v) is 6.75. The second-order valence-electron chi connectivity index (χ2n) is 7.87. The number of carbonyl (C=O) groups excluding carboxylic acids is 1. The van der Waals surface area contributed by atoms with Gasteiger partial charge in [0.15, 0.2) is 0 Å². The first-order valence-electron chi connectivity index (χ1n) is 9.53. The Hall–Kier alpha value is -2.06. The summed E-state index contributed by atoms with van der Waals surface area (Å²) < 4.78 is 27.2. The smallest absolute Gasteiger partial charge is 0.271 e. The second-order valence-corrected chi connectivity index (χ2v) is 10.7. The highest BCUT2D eigenvalue weighted by Crippen LogP contribution is 2.49. The molecule has 2 fully saturated rings. The molecule has 1 aromatic heterocycles. The summed E-state index contributed by atoms with van der Waals surface area (Å²) in [4.78, 5) is 12.6. The van der Waals surface area contributed by atoms with Crippen molar-refractivity contribution in [2.75, 3.05) is 4.72 Å². The number of fused-ring (bicyclic) bond motifs is 2. The van der Waals surface area contributed by atoms with Crippen LogP contribution in [-0.2, 0) is 10.0 Å². The molecule has 2 aromatic rings. The third-order valence-corrected chi connectivity index (χ3v) is 8.83. The molecule has 28 heavy (non-hydrogen) atoms. The third-order valence-electron chi connectivity index (χ3n) is 6.05. The number of amides is 1. The van der Waals surface area contributed by atoms with E-state index in [9.17, 15) is 18.3 Å². The van der Waals surface area contributed by atoms with Crippen LogP contribution < -0.4 is 10.0 Å². The van der Waals surface area contributed by atoms with Crippen LogP contribution in [0.2, 0.25) is 0 Å². The van der Waals surface area contributed by atoms with Crippen LogP contribution in [0.25, 0.3) is 0 Å². The van der Waals surface area contributed by atoms with Gasteiger partial charge in [-0.25, -0.2) is 8.42 Å². The van der Waals surface area contributed by atoms with Crippen LogP contribution in [0.5, 0.6) is 5.75 Å². The van der Waals surface area contributed by atoms with Crippen molar-refractivity contribution >= 4 is 33.0 Å². The zero-order valence-electron chi connectivity index (χ0n) is 15.6. The van der Waals surface area contributed by atoms with E-state index in [-0.39, 0.29) is 33.2 Å². The summed E-state index contributed by atoms with van der Waals surface area (Å²) in [6.45, 7) is 2.03. The SMILES string of the molecule is CC(NC(=O)c1ccc(NS(=O)(=O)c2cccs2)cc1O)C1CC2CCC1C2. The van der Waals surface area contributed by atoms with Gasteiger partial charge in [-0.15, -0.1) is 11.3 Å². The van der Waals surface area contributed by atoms with Gasteiger partial charge >= 0.3 is 0 Å². The molecule has 1 heterocycles. The Morgan fingerprint density at radius 3 is 2.68 bits per heavy atom. The number of thiophene rings is 1. The number of carbonyl (C=O) groups is 1. The molecule has 0 saturated heterocycles. The Bertz CT molecular complexity index is 972. The Kier molecular flexibility index (Phi) is 5.09. The van der Waals surface area contributed by atoms with Crippen LogP contribution in [-0.4, -0.2) is 25.5 Å². The monoisotopic (exact) mass is 420 g/mol. The molecule has 0 radical (unpaired) electrons.